The molecule has 1 aliphatic rings. The average molecular weight is 260 g/mol. The van der Waals surface area contributed by atoms with Crippen molar-refractivity contribution in [2.75, 3.05) is 26.2 Å². The Labute approximate surface area is 105 Å². The first-order valence-electron chi connectivity index (χ1n) is 5.96. The smallest absolute Gasteiger partial charge is 0.265 e. The van der Waals surface area contributed by atoms with Crippen molar-refractivity contribution in [1.29, 1.82) is 0 Å². The fraction of sp³-hybridized carbons (Fsp3) is 0.667. The number of piperidine rings is 1. The van der Waals surface area contributed by atoms with Crippen molar-refractivity contribution in [2.45, 2.75) is 25.7 Å². The first kappa shape index (κ1) is 14.6. The molecule has 0 bridgehead atoms. The third kappa shape index (κ3) is 3.78. The maximum atomic E-state index is 13.2. The fourth-order valence-corrected chi connectivity index (χ4v) is 1.92. The summed E-state index contributed by atoms with van der Waals surface area (Å²) in [6.45, 7) is 5.01. The van der Waals surface area contributed by atoms with Gasteiger partial charge in [0.1, 0.15) is 0 Å². The minimum Gasteiger partial charge on any atom is -0.335 e. The zero-order valence-electron chi connectivity index (χ0n) is 10.5. The number of carbonyl (C=O) groups is 2. The number of likely N-dealkylation sites (N-methyl/N-ethyl adjacent to an activating group) is 1. The molecule has 2 amide bonds. The molecule has 0 aliphatic carbocycles. The lowest BCUT2D eigenvalue weighted by Crippen LogP contribution is -2.49. The SMILES string of the molecule is C=CC(=O)N(CC)CC(=O)N1CCCC(F)(F)C1. The van der Waals surface area contributed by atoms with Gasteiger partial charge >= 0.3 is 0 Å². The lowest BCUT2D eigenvalue weighted by molar-refractivity contribution is -0.145. The van der Waals surface area contributed by atoms with E-state index in [0.29, 0.717) is 19.5 Å². The minimum atomic E-state index is -2.81. The van der Waals surface area contributed by atoms with Crippen molar-refractivity contribution in [3.8, 4) is 0 Å². The van der Waals surface area contributed by atoms with Crippen molar-refractivity contribution in [3.05, 3.63) is 12.7 Å². The zero-order valence-corrected chi connectivity index (χ0v) is 10.5. The maximum Gasteiger partial charge on any atom is 0.265 e. The van der Waals surface area contributed by atoms with E-state index >= 15 is 0 Å². The molecule has 0 aromatic carbocycles. The van der Waals surface area contributed by atoms with E-state index in [1.165, 1.54) is 4.90 Å². The van der Waals surface area contributed by atoms with Crippen molar-refractivity contribution < 1.29 is 18.4 Å². The van der Waals surface area contributed by atoms with Gasteiger partial charge in [0, 0.05) is 19.5 Å². The first-order chi connectivity index (χ1) is 8.39. The molecule has 4 nitrogen and oxygen atoms in total. The molecular formula is C12H18F2N2O2. The average Bonchev–Trinajstić information content (AvgIpc) is 2.33. The number of rotatable bonds is 4. The van der Waals surface area contributed by atoms with Gasteiger partial charge in [-0.15, -0.1) is 0 Å². The maximum absolute atomic E-state index is 13.2. The second-order valence-electron chi connectivity index (χ2n) is 4.33. The van der Waals surface area contributed by atoms with E-state index in [1.54, 1.807) is 6.92 Å². The summed E-state index contributed by atoms with van der Waals surface area (Å²) in [5, 5.41) is 0. The molecule has 0 spiro atoms. The van der Waals surface area contributed by atoms with Crippen molar-refractivity contribution in [3.63, 3.8) is 0 Å². The Balaban J connectivity index is 2.59. The van der Waals surface area contributed by atoms with Crippen LogP contribution in [0.25, 0.3) is 0 Å². The van der Waals surface area contributed by atoms with Gasteiger partial charge in [0.15, 0.2) is 0 Å². The summed E-state index contributed by atoms with van der Waals surface area (Å²) < 4.78 is 26.3. The molecule has 0 unspecified atom stereocenters. The number of amides is 2. The van der Waals surface area contributed by atoms with Crippen LogP contribution in [0.4, 0.5) is 8.78 Å². The van der Waals surface area contributed by atoms with Crippen LogP contribution in [-0.2, 0) is 9.59 Å². The Bertz CT molecular complexity index is 345. The Hall–Kier alpha value is -1.46. The number of hydrogen-bond acceptors (Lipinski definition) is 2. The van der Waals surface area contributed by atoms with Gasteiger partial charge in [0.2, 0.25) is 11.8 Å². The third-order valence-electron chi connectivity index (χ3n) is 2.94. The topological polar surface area (TPSA) is 40.6 Å². The summed E-state index contributed by atoms with van der Waals surface area (Å²) in [5.74, 6) is -3.62. The lowest BCUT2D eigenvalue weighted by atomic mass is 10.1. The minimum absolute atomic E-state index is 0.169. The molecule has 102 valence electrons. The highest BCUT2D eigenvalue weighted by atomic mass is 19.3. The van der Waals surface area contributed by atoms with Gasteiger partial charge in [-0.2, -0.15) is 0 Å². The molecule has 0 aromatic rings. The van der Waals surface area contributed by atoms with Gasteiger partial charge < -0.3 is 9.80 Å². The van der Waals surface area contributed by atoms with E-state index in [4.69, 9.17) is 0 Å². The Kier molecular flexibility index (Phi) is 4.81. The summed E-state index contributed by atoms with van der Waals surface area (Å²) >= 11 is 0. The van der Waals surface area contributed by atoms with Crippen LogP contribution in [0, 0.1) is 0 Å². The van der Waals surface area contributed by atoms with Gasteiger partial charge in [0.05, 0.1) is 13.1 Å². The highest BCUT2D eigenvalue weighted by Crippen LogP contribution is 2.26. The van der Waals surface area contributed by atoms with Crippen molar-refractivity contribution >= 4 is 11.8 Å². The number of likely N-dealkylation sites (tertiary alicyclic amines) is 1. The van der Waals surface area contributed by atoms with Gasteiger partial charge in [-0.25, -0.2) is 8.78 Å². The molecule has 0 N–H and O–H groups in total. The molecule has 1 rings (SSSR count). The molecular weight excluding hydrogens is 242 g/mol. The molecule has 0 saturated carbocycles. The van der Waals surface area contributed by atoms with Crippen LogP contribution in [0.1, 0.15) is 19.8 Å². The Morgan fingerprint density at radius 2 is 2.17 bits per heavy atom. The number of halogens is 2. The molecule has 6 heteroatoms. The van der Waals surface area contributed by atoms with E-state index in [-0.39, 0.29) is 18.9 Å². The Morgan fingerprint density at radius 1 is 1.50 bits per heavy atom. The van der Waals surface area contributed by atoms with Gasteiger partial charge in [0.25, 0.3) is 5.92 Å². The number of alkyl halides is 2. The normalized spacial score (nSPS) is 18.3. The second kappa shape index (κ2) is 5.93. The largest absolute Gasteiger partial charge is 0.335 e. The van der Waals surface area contributed by atoms with E-state index < -0.39 is 18.4 Å². The molecule has 0 aromatic heterocycles. The Morgan fingerprint density at radius 3 is 2.67 bits per heavy atom. The predicted molar refractivity (Wildman–Crippen MR) is 63.2 cm³/mol. The fourth-order valence-electron chi connectivity index (χ4n) is 1.92. The predicted octanol–water partition coefficient (Wildman–Crippen LogP) is 1.28. The zero-order chi connectivity index (χ0) is 13.8. The van der Waals surface area contributed by atoms with Crippen LogP contribution >= 0.6 is 0 Å². The molecule has 1 aliphatic heterocycles. The summed E-state index contributed by atoms with van der Waals surface area (Å²) in [7, 11) is 0. The summed E-state index contributed by atoms with van der Waals surface area (Å²) in [6.07, 6.45) is 1.22. The second-order valence-corrected chi connectivity index (χ2v) is 4.33. The summed E-state index contributed by atoms with van der Waals surface area (Å²) in [5.41, 5.74) is 0. The van der Waals surface area contributed by atoms with Crippen LogP contribution < -0.4 is 0 Å². The van der Waals surface area contributed by atoms with Gasteiger partial charge in [-0.05, 0) is 19.4 Å². The van der Waals surface area contributed by atoms with Crippen molar-refractivity contribution in [2.24, 2.45) is 0 Å². The van der Waals surface area contributed by atoms with Crippen LogP contribution in [0.3, 0.4) is 0 Å². The quantitative estimate of drug-likeness (QED) is 0.714. The third-order valence-corrected chi connectivity index (χ3v) is 2.94. The van der Waals surface area contributed by atoms with E-state index in [2.05, 4.69) is 6.58 Å². The van der Waals surface area contributed by atoms with E-state index in [0.717, 1.165) is 11.0 Å². The monoisotopic (exact) mass is 260 g/mol. The van der Waals surface area contributed by atoms with Crippen molar-refractivity contribution in [1.82, 2.24) is 9.80 Å². The molecule has 0 radical (unpaired) electrons. The van der Waals surface area contributed by atoms with Crippen LogP contribution in [0.2, 0.25) is 0 Å². The van der Waals surface area contributed by atoms with Crippen LogP contribution in [0.5, 0.6) is 0 Å². The van der Waals surface area contributed by atoms with Crippen LogP contribution in [-0.4, -0.2) is 53.7 Å². The van der Waals surface area contributed by atoms with E-state index in [9.17, 15) is 18.4 Å². The van der Waals surface area contributed by atoms with Crippen LogP contribution in [0.15, 0.2) is 12.7 Å². The number of nitrogens with zero attached hydrogens (tertiary/aromatic N) is 2. The molecule has 1 saturated heterocycles. The summed E-state index contributed by atoms with van der Waals surface area (Å²) in [4.78, 5) is 25.6. The molecule has 1 fully saturated rings. The first-order valence-corrected chi connectivity index (χ1v) is 5.96. The molecule has 1 heterocycles. The highest BCUT2D eigenvalue weighted by Gasteiger charge is 2.37. The lowest BCUT2D eigenvalue weighted by Gasteiger charge is -2.33. The van der Waals surface area contributed by atoms with Gasteiger partial charge in [-0.3, -0.25) is 9.59 Å². The summed E-state index contributed by atoms with van der Waals surface area (Å²) in [6, 6.07) is 0. The molecule has 0 atom stereocenters. The number of hydrogen-bond donors (Lipinski definition) is 0. The standard InChI is InChI=1S/C12H18F2N2O2/c1-3-10(17)15(4-2)8-11(18)16-7-5-6-12(13,14)9-16/h3H,1,4-9H2,2H3. The van der Waals surface area contributed by atoms with Gasteiger partial charge in [-0.1, -0.05) is 6.58 Å². The van der Waals surface area contributed by atoms with E-state index in [1.807, 2.05) is 0 Å². The molecule has 18 heavy (non-hydrogen) atoms. The highest BCUT2D eigenvalue weighted by molar-refractivity contribution is 5.90. The number of carbonyl (C=O) groups excluding carboxylic acids is 2.